The molecule has 0 bridgehead atoms. The smallest absolute Gasteiger partial charge is 0.191 e. The Labute approximate surface area is 174 Å². The summed E-state index contributed by atoms with van der Waals surface area (Å²) in [6, 6.07) is 10.7. The molecule has 7 nitrogen and oxygen atoms in total. The van der Waals surface area contributed by atoms with Crippen LogP contribution in [-0.2, 0) is 26.7 Å². The van der Waals surface area contributed by atoms with Gasteiger partial charge in [0.15, 0.2) is 5.96 Å². The van der Waals surface area contributed by atoms with Gasteiger partial charge in [0, 0.05) is 52.5 Å². The Balaban J connectivity index is 1.61. The summed E-state index contributed by atoms with van der Waals surface area (Å²) >= 11 is 0. The highest BCUT2D eigenvalue weighted by Crippen LogP contribution is 2.14. The van der Waals surface area contributed by atoms with Gasteiger partial charge in [-0.3, -0.25) is 9.58 Å². The number of guanidine groups is 1. The molecule has 2 heterocycles. The van der Waals surface area contributed by atoms with Crippen LogP contribution in [-0.4, -0.2) is 64.8 Å². The average molecular weight is 398 g/mol. The van der Waals surface area contributed by atoms with Crippen molar-refractivity contribution >= 4 is 5.96 Å². The van der Waals surface area contributed by atoms with E-state index < -0.39 is 0 Å². The van der Waals surface area contributed by atoms with Crippen LogP contribution >= 0.6 is 0 Å². The molecular weight excluding hydrogens is 362 g/mol. The number of hydrogen-bond acceptors (Lipinski definition) is 4. The fourth-order valence-electron chi connectivity index (χ4n) is 3.63. The van der Waals surface area contributed by atoms with Gasteiger partial charge in [0.25, 0.3) is 0 Å². The molecule has 29 heavy (non-hydrogen) atoms. The highest BCUT2D eigenvalue weighted by Gasteiger charge is 2.16. The molecule has 0 unspecified atom stereocenters. The van der Waals surface area contributed by atoms with Gasteiger partial charge in [-0.15, -0.1) is 0 Å². The first kappa shape index (κ1) is 21.3. The number of likely N-dealkylation sites (N-methyl/N-ethyl adjacent to an activating group) is 1. The maximum Gasteiger partial charge on any atom is 0.191 e. The van der Waals surface area contributed by atoms with Crippen LogP contribution in [0.1, 0.15) is 30.7 Å². The van der Waals surface area contributed by atoms with E-state index in [1.807, 2.05) is 24.0 Å². The van der Waals surface area contributed by atoms with E-state index in [4.69, 9.17) is 4.99 Å². The Morgan fingerprint density at radius 2 is 1.72 bits per heavy atom. The number of piperazine rings is 1. The number of benzene rings is 1. The molecule has 1 aromatic carbocycles. The van der Waals surface area contributed by atoms with Crippen molar-refractivity contribution in [1.29, 1.82) is 0 Å². The second-order valence-corrected chi connectivity index (χ2v) is 7.47. The molecule has 0 aliphatic carbocycles. The van der Waals surface area contributed by atoms with Gasteiger partial charge >= 0.3 is 0 Å². The molecule has 2 aromatic rings. The van der Waals surface area contributed by atoms with E-state index in [0.29, 0.717) is 13.1 Å². The Morgan fingerprint density at radius 3 is 2.38 bits per heavy atom. The van der Waals surface area contributed by atoms with Crippen molar-refractivity contribution in [2.75, 3.05) is 39.3 Å². The van der Waals surface area contributed by atoms with Gasteiger partial charge in [0.1, 0.15) is 0 Å². The third kappa shape index (κ3) is 6.30. The van der Waals surface area contributed by atoms with Crippen molar-refractivity contribution in [3.63, 3.8) is 0 Å². The van der Waals surface area contributed by atoms with Crippen molar-refractivity contribution < 1.29 is 0 Å². The van der Waals surface area contributed by atoms with Crippen LogP contribution in [0.2, 0.25) is 0 Å². The molecule has 0 saturated carbocycles. The predicted molar refractivity (Wildman–Crippen MR) is 119 cm³/mol. The zero-order valence-corrected chi connectivity index (χ0v) is 18.1. The molecule has 3 rings (SSSR count). The van der Waals surface area contributed by atoms with Crippen LogP contribution in [0.4, 0.5) is 0 Å². The topological polar surface area (TPSA) is 60.7 Å². The van der Waals surface area contributed by atoms with Crippen LogP contribution in [0.5, 0.6) is 0 Å². The van der Waals surface area contributed by atoms with Crippen LogP contribution in [0.25, 0.3) is 0 Å². The van der Waals surface area contributed by atoms with Gasteiger partial charge in [-0.2, -0.15) is 5.10 Å². The van der Waals surface area contributed by atoms with Gasteiger partial charge in [0.05, 0.1) is 18.8 Å². The largest absolute Gasteiger partial charge is 0.357 e. The lowest BCUT2D eigenvalue weighted by molar-refractivity contribution is 0.131. The summed E-state index contributed by atoms with van der Waals surface area (Å²) in [5, 5.41) is 11.0. The zero-order valence-electron chi connectivity index (χ0n) is 18.1. The molecule has 1 aliphatic rings. The third-order valence-electron chi connectivity index (χ3n) is 5.54. The fraction of sp³-hybridized carbons (Fsp3) is 0.545. The average Bonchev–Trinajstić information content (AvgIpc) is 3.16. The molecule has 0 spiro atoms. The fourth-order valence-corrected chi connectivity index (χ4v) is 3.63. The van der Waals surface area contributed by atoms with Crippen molar-refractivity contribution in [2.24, 2.45) is 12.0 Å². The molecule has 1 aromatic heterocycles. The van der Waals surface area contributed by atoms with E-state index >= 15 is 0 Å². The molecule has 1 fully saturated rings. The quantitative estimate of drug-likeness (QED) is 0.526. The minimum Gasteiger partial charge on any atom is -0.357 e. The summed E-state index contributed by atoms with van der Waals surface area (Å²) < 4.78 is 1.88. The molecule has 1 aliphatic heterocycles. The third-order valence-corrected chi connectivity index (χ3v) is 5.54. The molecule has 0 amide bonds. The van der Waals surface area contributed by atoms with Crippen molar-refractivity contribution in [3.05, 3.63) is 53.3 Å². The van der Waals surface area contributed by atoms with E-state index in [2.05, 4.69) is 63.6 Å². The minimum atomic E-state index is 0.672. The minimum absolute atomic E-state index is 0.672. The zero-order chi connectivity index (χ0) is 20.5. The van der Waals surface area contributed by atoms with Gasteiger partial charge in [-0.05, 0) is 30.7 Å². The van der Waals surface area contributed by atoms with Crippen molar-refractivity contribution in [3.8, 4) is 0 Å². The number of hydrogen-bond donors (Lipinski definition) is 2. The summed E-state index contributed by atoms with van der Waals surface area (Å²) in [5.41, 5.74) is 3.80. The number of rotatable bonds is 8. The number of aliphatic imine (C=N–C) groups is 1. The Hall–Kier alpha value is -2.38. The molecule has 2 N–H and O–H groups in total. The first-order valence-electron chi connectivity index (χ1n) is 10.7. The molecule has 0 radical (unpaired) electrons. The first-order valence-corrected chi connectivity index (χ1v) is 10.7. The van der Waals surface area contributed by atoms with E-state index in [1.165, 1.54) is 24.2 Å². The second kappa shape index (κ2) is 11.0. The van der Waals surface area contributed by atoms with E-state index in [9.17, 15) is 0 Å². The lowest BCUT2D eigenvalue weighted by Gasteiger charge is -2.34. The number of aromatic nitrogens is 2. The highest BCUT2D eigenvalue weighted by atomic mass is 15.3. The number of aryl methyl sites for hydroxylation is 1. The Bertz CT molecular complexity index is 775. The molecule has 7 heteroatoms. The molecular formula is C22H35N7. The first-order chi connectivity index (χ1) is 14.2. The monoisotopic (exact) mass is 397 g/mol. The van der Waals surface area contributed by atoms with Crippen LogP contribution in [0.3, 0.4) is 0 Å². The molecule has 158 valence electrons. The van der Waals surface area contributed by atoms with Crippen LogP contribution < -0.4 is 10.6 Å². The normalized spacial score (nSPS) is 16.2. The van der Waals surface area contributed by atoms with E-state index in [1.54, 1.807) is 0 Å². The van der Waals surface area contributed by atoms with Gasteiger partial charge in [-0.1, -0.05) is 31.2 Å². The maximum atomic E-state index is 4.83. The number of nitrogens with one attached hydrogen (secondary N) is 2. The Kier molecular flexibility index (Phi) is 8.07. The summed E-state index contributed by atoms with van der Waals surface area (Å²) in [6.45, 7) is 13.3. The standard InChI is InChI=1S/C22H35N7/c1-4-23-22(25-17-21-10-11-26-27(21)3)24-16-19-8-6-7-9-20(19)18-29-14-12-28(5-2)13-15-29/h6-11H,4-5,12-18H2,1-3H3,(H2,23,24,25). The summed E-state index contributed by atoms with van der Waals surface area (Å²) in [7, 11) is 1.96. The van der Waals surface area contributed by atoms with Crippen molar-refractivity contribution in [2.45, 2.75) is 33.5 Å². The molecule has 1 saturated heterocycles. The van der Waals surface area contributed by atoms with Crippen LogP contribution in [0.15, 0.2) is 41.5 Å². The van der Waals surface area contributed by atoms with Gasteiger partial charge in [0.2, 0.25) is 0 Å². The maximum absolute atomic E-state index is 4.83. The van der Waals surface area contributed by atoms with Crippen molar-refractivity contribution in [1.82, 2.24) is 30.2 Å². The Morgan fingerprint density at radius 1 is 1.00 bits per heavy atom. The van der Waals surface area contributed by atoms with Crippen LogP contribution in [0, 0.1) is 0 Å². The van der Waals surface area contributed by atoms with E-state index in [0.717, 1.165) is 44.4 Å². The van der Waals surface area contributed by atoms with Gasteiger partial charge < -0.3 is 15.5 Å². The molecule has 0 atom stereocenters. The summed E-state index contributed by atoms with van der Waals surface area (Å²) in [6.07, 6.45) is 1.82. The SMILES string of the molecule is CCNC(=NCc1ccccc1CN1CCN(CC)CC1)NCc1ccnn1C. The second-order valence-electron chi connectivity index (χ2n) is 7.47. The highest BCUT2D eigenvalue weighted by molar-refractivity contribution is 5.79. The predicted octanol–water partition coefficient (Wildman–Crippen LogP) is 1.81. The summed E-state index contributed by atoms with van der Waals surface area (Å²) in [4.78, 5) is 9.90. The van der Waals surface area contributed by atoms with Gasteiger partial charge in [-0.25, -0.2) is 4.99 Å². The van der Waals surface area contributed by atoms with E-state index in [-0.39, 0.29) is 0 Å². The number of nitrogens with zero attached hydrogens (tertiary/aromatic N) is 5. The lowest BCUT2D eigenvalue weighted by Crippen LogP contribution is -2.45. The lowest BCUT2D eigenvalue weighted by atomic mass is 10.1. The summed E-state index contributed by atoms with van der Waals surface area (Å²) in [5.74, 6) is 0.833.